The SMILES string of the molecule is CCOC(=O)CN(C(=O)C(CC)(CC)C(N)=S)C1CC1. The van der Waals surface area contributed by atoms with Gasteiger partial charge in [-0.1, -0.05) is 26.1 Å². The van der Waals surface area contributed by atoms with E-state index in [0.29, 0.717) is 19.4 Å². The van der Waals surface area contributed by atoms with E-state index in [2.05, 4.69) is 0 Å². The standard InChI is InChI=1S/C14H24N2O3S/c1-4-14(5-2,12(15)20)13(18)16(10-7-8-10)9-11(17)19-6-3/h10H,4-9H2,1-3H3,(H2,15,20). The maximum absolute atomic E-state index is 12.8. The lowest BCUT2D eigenvalue weighted by atomic mass is 9.80. The van der Waals surface area contributed by atoms with Crippen molar-refractivity contribution >= 4 is 29.1 Å². The van der Waals surface area contributed by atoms with E-state index in [0.717, 1.165) is 12.8 Å². The van der Waals surface area contributed by atoms with Gasteiger partial charge < -0.3 is 15.4 Å². The molecule has 0 aromatic rings. The first kappa shape index (κ1) is 16.9. The lowest BCUT2D eigenvalue weighted by molar-refractivity contribution is -0.152. The van der Waals surface area contributed by atoms with E-state index < -0.39 is 5.41 Å². The molecule has 0 heterocycles. The Labute approximate surface area is 125 Å². The summed E-state index contributed by atoms with van der Waals surface area (Å²) >= 11 is 5.11. The summed E-state index contributed by atoms with van der Waals surface area (Å²) in [7, 11) is 0. The van der Waals surface area contributed by atoms with Crippen LogP contribution < -0.4 is 5.73 Å². The Morgan fingerprint density at radius 1 is 1.30 bits per heavy atom. The number of ether oxygens (including phenoxy) is 1. The zero-order valence-corrected chi connectivity index (χ0v) is 13.3. The van der Waals surface area contributed by atoms with E-state index in [1.807, 2.05) is 13.8 Å². The van der Waals surface area contributed by atoms with Crippen LogP contribution in [0.15, 0.2) is 0 Å². The molecule has 0 atom stereocenters. The van der Waals surface area contributed by atoms with Crippen molar-refractivity contribution in [2.24, 2.45) is 11.1 Å². The maximum Gasteiger partial charge on any atom is 0.325 e. The van der Waals surface area contributed by atoms with Crippen LogP contribution in [0.2, 0.25) is 0 Å². The molecule has 0 spiro atoms. The van der Waals surface area contributed by atoms with E-state index in [1.165, 1.54) is 0 Å². The highest BCUT2D eigenvalue weighted by molar-refractivity contribution is 7.80. The molecule has 0 aromatic heterocycles. The summed E-state index contributed by atoms with van der Waals surface area (Å²) in [5.41, 5.74) is 4.97. The van der Waals surface area contributed by atoms with Gasteiger partial charge in [0.1, 0.15) is 6.54 Å². The van der Waals surface area contributed by atoms with Crippen LogP contribution in [0.3, 0.4) is 0 Å². The minimum atomic E-state index is -0.843. The molecular weight excluding hydrogens is 276 g/mol. The number of amides is 1. The van der Waals surface area contributed by atoms with Crippen molar-refractivity contribution in [1.29, 1.82) is 0 Å². The lowest BCUT2D eigenvalue weighted by Crippen LogP contribution is -2.52. The number of hydrogen-bond acceptors (Lipinski definition) is 4. The Kier molecular flexibility index (Phi) is 5.92. The number of esters is 1. The zero-order chi connectivity index (χ0) is 15.3. The third-order valence-electron chi connectivity index (χ3n) is 3.94. The smallest absolute Gasteiger partial charge is 0.325 e. The molecule has 1 aliphatic carbocycles. The highest BCUT2D eigenvalue weighted by Crippen LogP contribution is 2.35. The van der Waals surface area contributed by atoms with Crippen LogP contribution in [0.5, 0.6) is 0 Å². The second-order valence-corrected chi connectivity index (χ2v) is 5.56. The van der Waals surface area contributed by atoms with Gasteiger partial charge in [0.25, 0.3) is 0 Å². The van der Waals surface area contributed by atoms with Crippen molar-refractivity contribution in [2.75, 3.05) is 13.2 Å². The first-order valence-electron chi connectivity index (χ1n) is 7.19. The fourth-order valence-corrected chi connectivity index (χ4v) is 2.76. The van der Waals surface area contributed by atoms with Crippen molar-refractivity contribution in [1.82, 2.24) is 4.90 Å². The quantitative estimate of drug-likeness (QED) is 0.545. The second-order valence-electron chi connectivity index (χ2n) is 5.12. The van der Waals surface area contributed by atoms with Crippen LogP contribution >= 0.6 is 12.2 Å². The van der Waals surface area contributed by atoms with E-state index >= 15 is 0 Å². The topological polar surface area (TPSA) is 72.6 Å². The molecule has 20 heavy (non-hydrogen) atoms. The largest absolute Gasteiger partial charge is 0.465 e. The molecule has 114 valence electrons. The Bertz CT molecular complexity index is 390. The fourth-order valence-electron chi connectivity index (χ4n) is 2.38. The second kappa shape index (κ2) is 7.02. The molecule has 0 radical (unpaired) electrons. The fraction of sp³-hybridized carbons (Fsp3) is 0.786. The van der Waals surface area contributed by atoms with Gasteiger partial charge in [-0.2, -0.15) is 0 Å². The third-order valence-corrected chi connectivity index (χ3v) is 4.33. The summed E-state index contributed by atoms with van der Waals surface area (Å²) in [5, 5.41) is 0. The van der Waals surface area contributed by atoms with E-state index in [-0.39, 0.29) is 29.5 Å². The number of carbonyl (C=O) groups is 2. The van der Waals surface area contributed by atoms with Gasteiger partial charge in [0.15, 0.2) is 0 Å². The van der Waals surface area contributed by atoms with Crippen molar-refractivity contribution in [3.63, 3.8) is 0 Å². The molecule has 1 rings (SSSR count). The molecule has 1 saturated carbocycles. The van der Waals surface area contributed by atoms with Crippen molar-refractivity contribution in [3.05, 3.63) is 0 Å². The van der Waals surface area contributed by atoms with Gasteiger partial charge in [-0.25, -0.2) is 0 Å². The predicted molar refractivity (Wildman–Crippen MR) is 81.2 cm³/mol. The van der Waals surface area contributed by atoms with Crippen LogP contribution in [0.1, 0.15) is 46.5 Å². The number of rotatable bonds is 8. The van der Waals surface area contributed by atoms with Gasteiger partial charge in [-0.15, -0.1) is 0 Å². The van der Waals surface area contributed by atoms with Gasteiger partial charge in [0.05, 0.1) is 17.0 Å². The molecule has 1 aliphatic rings. The molecule has 6 heteroatoms. The molecular formula is C14H24N2O3S. The molecule has 2 N–H and O–H groups in total. The summed E-state index contributed by atoms with van der Waals surface area (Å²) in [5.74, 6) is -0.512. The Hall–Kier alpha value is -1.17. The number of nitrogens with zero attached hydrogens (tertiary/aromatic N) is 1. The summed E-state index contributed by atoms with van der Waals surface area (Å²) in [4.78, 5) is 26.3. The van der Waals surface area contributed by atoms with Crippen LogP contribution in [0, 0.1) is 5.41 Å². The molecule has 0 unspecified atom stereocenters. The monoisotopic (exact) mass is 300 g/mol. The average Bonchev–Trinajstić information content (AvgIpc) is 3.22. The first-order valence-corrected chi connectivity index (χ1v) is 7.60. The lowest BCUT2D eigenvalue weighted by Gasteiger charge is -2.35. The van der Waals surface area contributed by atoms with E-state index in [1.54, 1.807) is 11.8 Å². The molecule has 5 nitrogen and oxygen atoms in total. The van der Waals surface area contributed by atoms with Gasteiger partial charge in [-0.3, -0.25) is 9.59 Å². The summed E-state index contributed by atoms with van der Waals surface area (Å²) in [6.45, 7) is 5.85. The third kappa shape index (κ3) is 3.48. The summed E-state index contributed by atoms with van der Waals surface area (Å²) in [6.07, 6.45) is 2.94. The number of carbonyl (C=O) groups excluding carboxylic acids is 2. The Morgan fingerprint density at radius 2 is 1.85 bits per heavy atom. The number of nitrogens with two attached hydrogens (primary N) is 1. The van der Waals surface area contributed by atoms with Crippen molar-refractivity contribution < 1.29 is 14.3 Å². The first-order chi connectivity index (χ1) is 9.42. The minimum Gasteiger partial charge on any atom is -0.465 e. The normalized spacial score (nSPS) is 14.8. The van der Waals surface area contributed by atoms with Gasteiger partial charge >= 0.3 is 5.97 Å². The predicted octanol–water partition coefficient (Wildman–Crippen LogP) is 1.63. The highest BCUT2D eigenvalue weighted by atomic mass is 32.1. The van der Waals surface area contributed by atoms with Crippen LogP contribution in [-0.4, -0.2) is 41.0 Å². The molecule has 0 bridgehead atoms. The Morgan fingerprint density at radius 3 is 2.20 bits per heavy atom. The van der Waals surface area contributed by atoms with Crippen molar-refractivity contribution in [2.45, 2.75) is 52.5 Å². The minimum absolute atomic E-state index is 0.0122. The van der Waals surface area contributed by atoms with Gasteiger partial charge in [0, 0.05) is 6.04 Å². The van der Waals surface area contributed by atoms with Crippen LogP contribution in [0.25, 0.3) is 0 Å². The number of hydrogen-bond donors (Lipinski definition) is 1. The van der Waals surface area contributed by atoms with E-state index in [4.69, 9.17) is 22.7 Å². The summed E-state index contributed by atoms with van der Waals surface area (Å²) < 4.78 is 4.94. The Balaban J connectivity index is 2.92. The highest BCUT2D eigenvalue weighted by Gasteiger charge is 2.45. The van der Waals surface area contributed by atoms with Crippen LogP contribution in [0.4, 0.5) is 0 Å². The molecule has 0 aromatic carbocycles. The van der Waals surface area contributed by atoms with Crippen LogP contribution in [-0.2, 0) is 14.3 Å². The molecule has 0 saturated heterocycles. The van der Waals surface area contributed by atoms with Gasteiger partial charge in [-0.05, 0) is 32.6 Å². The summed E-state index contributed by atoms with van der Waals surface area (Å²) in [6, 6.07) is 0.124. The molecule has 0 aliphatic heterocycles. The average molecular weight is 300 g/mol. The molecule has 1 fully saturated rings. The maximum atomic E-state index is 12.8. The van der Waals surface area contributed by atoms with Crippen molar-refractivity contribution in [3.8, 4) is 0 Å². The molecule has 1 amide bonds. The van der Waals surface area contributed by atoms with E-state index in [9.17, 15) is 9.59 Å². The van der Waals surface area contributed by atoms with Gasteiger partial charge in [0.2, 0.25) is 5.91 Å². The zero-order valence-electron chi connectivity index (χ0n) is 12.5. The number of thiocarbonyl (C=S) groups is 1.